The zero-order valence-corrected chi connectivity index (χ0v) is 8.12. The largest absolute Gasteiger partial charge is 0.394 e. The van der Waals surface area contributed by atoms with E-state index in [0.717, 1.165) is 0 Å². The highest BCUT2D eigenvalue weighted by molar-refractivity contribution is 7.33. The zero-order chi connectivity index (χ0) is 9.23. The quantitative estimate of drug-likeness (QED) is 0.452. The van der Waals surface area contributed by atoms with Gasteiger partial charge in [0.2, 0.25) is 0 Å². The maximum Gasteiger partial charge on any atom is 0.319 e. The fourth-order valence-corrected chi connectivity index (χ4v) is 1.09. The van der Waals surface area contributed by atoms with Gasteiger partial charge in [-0.1, -0.05) is 0 Å². The molecule has 12 heavy (non-hydrogen) atoms. The molecule has 6 heteroatoms. The minimum atomic E-state index is -2.42. The van der Waals surface area contributed by atoms with E-state index in [0.29, 0.717) is 13.2 Å². The number of rotatable bonds is 8. The Morgan fingerprint density at radius 1 is 1.25 bits per heavy atom. The lowest BCUT2D eigenvalue weighted by Gasteiger charge is -2.03. The molecule has 0 aliphatic heterocycles. The number of ether oxygens (including phenoxy) is 1. The summed E-state index contributed by atoms with van der Waals surface area (Å²) in [4.78, 5) is 0. The van der Waals surface area contributed by atoms with Crippen molar-refractivity contribution in [2.75, 3.05) is 33.0 Å². The number of aliphatic hydroxyl groups excluding tert-OH is 1. The van der Waals surface area contributed by atoms with Crippen LogP contribution >= 0.6 is 8.25 Å². The molecule has 0 aromatic heterocycles. The molecule has 0 aromatic carbocycles. The summed E-state index contributed by atoms with van der Waals surface area (Å²) in [7, 11) is -2.42. The molecule has 0 spiro atoms. The van der Waals surface area contributed by atoms with Gasteiger partial charge in [-0.2, -0.15) is 0 Å². The number of aliphatic hydroxyl groups is 1. The van der Waals surface area contributed by atoms with Gasteiger partial charge in [0.25, 0.3) is 0 Å². The van der Waals surface area contributed by atoms with Crippen LogP contribution in [-0.2, 0) is 18.3 Å². The lowest BCUT2D eigenvalue weighted by atomic mass is 10.8. The molecule has 0 aromatic rings. The van der Waals surface area contributed by atoms with Crippen LogP contribution in [0.2, 0.25) is 0 Å². The van der Waals surface area contributed by atoms with Gasteiger partial charge in [-0.25, -0.2) is 0 Å². The van der Waals surface area contributed by atoms with Gasteiger partial charge in [0.15, 0.2) is 0 Å². The SMILES string of the molecule is CCOCCO[PH](=O)OCCO. The van der Waals surface area contributed by atoms with E-state index < -0.39 is 8.25 Å². The van der Waals surface area contributed by atoms with Crippen molar-refractivity contribution in [1.29, 1.82) is 0 Å². The molecule has 0 fully saturated rings. The molecule has 0 amide bonds. The van der Waals surface area contributed by atoms with Crippen molar-refractivity contribution in [1.82, 2.24) is 0 Å². The second-order valence-electron chi connectivity index (χ2n) is 1.87. The van der Waals surface area contributed by atoms with Crippen LogP contribution in [0.3, 0.4) is 0 Å². The summed E-state index contributed by atoms with van der Waals surface area (Å²) in [6.45, 7) is 3.05. The van der Waals surface area contributed by atoms with Gasteiger partial charge in [-0.3, -0.25) is 4.57 Å². The van der Waals surface area contributed by atoms with Gasteiger partial charge in [-0.05, 0) is 6.92 Å². The number of hydrogen-bond donors (Lipinski definition) is 1. The molecule has 1 unspecified atom stereocenters. The third kappa shape index (κ3) is 8.17. The first kappa shape index (κ1) is 12.1. The lowest BCUT2D eigenvalue weighted by Crippen LogP contribution is -2.01. The molecule has 0 bridgehead atoms. The van der Waals surface area contributed by atoms with Crippen molar-refractivity contribution in [2.45, 2.75) is 6.92 Å². The monoisotopic (exact) mass is 198 g/mol. The van der Waals surface area contributed by atoms with E-state index in [2.05, 4.69) is 4.52 Å². The van der Waals surface area contributed by atoms with Crippen molar-refractivity contribution in [2.24, 2.45) is 0 Å². The van der Waals surface area contributed by atoms with Crippen molar-refractivity contribution >= 4 is 8.25 Å². The fraction of sp³-hybridized carbons (Fsp3) is 1.00. The third-order valence-electron chi connectivity index (χ3n) is 0.963. The van der Waals surface area contributed by atoms with Crippen molar-refractivity contribution < 1.29 is 23.5 Å². The molecule has 0 radical (unpaired) electrons. The minimum Gasteiger partial charge on any atom is -0.394 e. The standard InChI is InChI=1S/C6H15O5P/c1-2-9-5-6-11-12(8)10-4-3-7/h7,12H,2-6H2,1H3. The summed E-state index contributed by atoms with van der Waals surface area (Å²) in [6, 6.07) is 0. The average Bonchev–Trinajstić information content (AvgIpc) is 2.09. The van der Waals surface area contributed by atoms with E-state index in [9.17, 15) is 4.57 Å². The topological polar surface area (TPSA) is 65.0 Å². The van der Waals surface area contributed by atoms with Crippen LogP contribution in [0, 0.1) is 0 Å². The molecule has 0 aliphatic rings. The predicted molar refractivity (Wildman–Crippen MR) is 44.5 cm³/mol. The molecule has 0 saturated heterocycles. The maximum atomic E-state index is 10.7. The fourth-order valence-electron chi connectivity index (χ4n) is 0.499. The first-order valence-electron chi connectivity index (χ1n) is 3.79. The van der Waals surface area contributed by atoms with E-state index >= 15 is 0 Å². The summed E-state index contributed by atoms with van der Waals surface area (Å²) < 4.78 is 25.0. The zero-order valence-electron chi connectivity index (χ0n) is 7.12. The molecular formula is C6H15O5P. The summed E-state index contributed by atoms with van der Waals surface area (Å²) in [6.07, 6.45) is 0. The van der Waals surface area contributed by atoms with Crippen LogP contribution in [-0.4, -0.2) is 38.1 Å². The Labute approximate surface area is 72.6 Å². The molecule has 0 heterocycles. The lowest BCUT2D eigenvalue weighted by molar-refractivity contribution is 0.101. The highest BCUT2D eigenvalue weighted by atomic mass is 31.1. The van der Waals surface area contributed by atoms with Crippen LogP contribution < -0.4 is 0 Å². The molecular weight excluding hydrogens is 183 g/mol. The van der Waals surface area contributed by atoms with E-state index in [1.807, 2.05) is 6.92 Å². The molecule has 0 rings (SSSR count). The Bertz CT molecular complexity index is 119. The maximum absolute atomic E-state index is 10.7. The normalized spacial score (nSPS) is 13.2. The molecule has 5 nitrogen and oxygen atoms in total. The molecule has 1 atom stereocenters. The van der Waals surface area contributed by atoms with Gasteiger partial charge in [0.05, 0.1) is 26.4 Å². The van der Waals surface area contributed by atoms with Crippen LogP contribution in [0.1, 0.15) is 6.92 Å². The second kappa shape index (κ2) is 9.16. The Morgan fingerprint density at radius 3 is 2.50 bits per heavy atom. The Hall–Kier alpha value is 0.0700. The van der Waals surface area contributed by atoms with Crippen LogP contribution in [0.15, 0.2) is 0 Å². The molecule has 1 N–H and O–H groups in total. The van der Waals surface area contributed by atoms with E-state index in [1.165, 1.54) is 0 Å². The van der Waals surface area contributed by atoms with E-state index in [-0.39, 0.29) is 19.8 Å². The summed E-state index contributed by atoms with van der Waals surface area (Å²) in [5.41, 5.74) is 0. The van der Waals surface area contributed by atoms with Crippen LogP contribution in [0.4, 0.5) is 0 Å². The van der Waals surface area contributed by atoms with E-state index in [4.69, 9.17) is 14.4 Å². The Balaban J connectivity index is 3.08. The van der Waals surface area contributed by atoms with Crippen LogP contribution in [0.25, 0.3) is 0 Å². The molecule has 0 saturated carbocycles. The highest BCUT2D eigenvalue weighted by Crippen LogP contribution is 2.22. The average molecular weight is 198 g/mol. The Kier molecular flexibility index (Phi) is 9.21. The summed E-state index contributed by atoms with van der Waals surface area (Å²) >= 11 is 0. The van der Waals surface area contributed by atoms with Crippen molar-refractivity contribution in [3.8, 4) is 0 Å². The van der Waals surface area contributed by atoms with Gasteiger partial charge >= 0.3 is 8.25 Å². The first-order valence-corrected chi connectivity index (χ1v) is 5.02. The summed E-state index contributed by atoms with van der Waals surface area (Å²) in [5, 5.41) is 8.30. The Morgan fingerprint density at radius 2 is 1.92 bits per heavy atom. The van der Waals surface area contributed by atoms with Gasteiger partial charge in [0.1, 0.15) is 0 Å². The van der Waals surface area contributed by atoms with Gasteiger partial charge in [0, 0.05) is 6.61 Å². The van der Waals surface area contributed by atoms with Gasteiger partial charge in [-0.15, -0.1) is 0 Å². The van der Waals surface area contributed by atoms with Crippen molar-refractivity contribution in [3.63, 3.8) is 0 Å². The second-order valence-corrected chi connectivity index (χ2v) is 2.94. The minimum absolute atomic E-state index is 0.0480. The molecule has 0 aliphatic carbocycles. The van der Waals surface area contributed by atoms with Crippen molar-refractivity contribution in [3.05, 3.63) is 0 Å². The van der Waals surface area contributed by atoms with E-state index in [1.54, 1.807) is 0 Å². The number of hydrogen-bond acceptors (Lipinski definition) is 5. The van der Waals surface area contributed by atoms with Gasteiger partial charge < -0.3 is 18.9 Å². The van der Waals surface area contributed by atoms with Crippen LogP contribution in [0.5, 0.6) is 0 Å². The predicted octanol–water partition coefficient (Wildman–Crippen LogP) is 0.438. The smallest absolute Gasteiger partial charge is 0.319 e. The molecule has 74 valence electrons. The first-order chi connectivity index (χ1) is 5.81. The highest BCUT2D eigenvalue weighted by Gasteiger charge is 1.97. The summed E-state index contributed by atoms with van der Waals surface area (Å²) in [5.74, 6) is 0. The third-order valence-corrected chi connectivity index (χ3v) is 1.84.